The zero-order valence-electron chi connectivity index (χ0n) is 5.27. The summed E-state index contributed by atoms with van der Waals surface area (Å²) >= 11 is 0. The average molecular weight is 163 g/mol. The lowest BCUT2D eigenvalue weighted by molar-refractivity contribution is 0.325. The monoisotopic (exact) mass is 163 g/mol. The first-order valence-corrected chi connectivity index (χ1v) is 2.66. The van der Waals surface area contributed by atoms with E-state index in [0.29, 0.717) is 12.1 Å². The Labute approximate surface area is 60.3 Å². The number of rotatable bonds is 1. The second kappa shape index (κ2) is 2.79. The summed E-state index contributed by atoms with van der Waals surface area (Å²) in [6.07, 6.45) is 0. The van der Waals surface area contributed by atoms with Crippen LogP contribution in [0, 0.1) is 17.5 Å². The quantitative estimate of drug-likeness (QED) is 0.501. The van der Waals surface area contributed by atoms with E-state index < -0.39 is 17.5 Å². The molecule has 0 saturated heterocycles. The predicted octanol–water partition coefficient (Wildman–Crippen LogP) is 1.36. The first-order valence-electron chi connectivity index (χ1n) is 2.66. The summed E-state index contributed by atoms with van der Waals surface area (Å²) in [6.45, 7) is 0. The van der Waals surface area contributed by atoms with Crippen LogP contribution in [0.3, 0.4) is 0 Å². The zero-order valence-corrected chi connectivity index (χ0v) is 5.27. The second-order valence-corrected chi connectivity index (χ2v) is 1.82. The Morgan fingerprint density at radius 2 is 1.55 bits per heavy atom. The molecule has 0 aromatic heterocycles. The molecule has 1 aromatic rings. The van der Waals surface area contributed by atoms with Gasteiger partial charge in [-0.2, -0.15) is 5.90 Å². The van der Waals surface area contributed by atoms with E-state index in [2.05, 4.69) is 10.7 Å². The largest absolute Gasteiger partial charge is 0.411 e. The molecular weight excluding hydrogens is 159 g/mol. The van der Waals surface area contributed by atoms with Crippen molar-refractivity contribution in [2.24, 2.45) is 5.90 Å². The van der Waals surface area contributed by atoms with Gasteiger partial charge in [0.2, 0.25) is 0 Å². The van der Waals surface area contributed by atoms with Gasteiger partial charge in [0.05, 0.1) is 0 Å². The third kappa shape index (κ3) is 1.43. The van der Waals surface area contributed by atoms with Gasteiger partial charge in [-0.3, -0.25) is 0 Å². The van der Waals surface area contributed by atoms with Gasteiger partial charge in [-0.1, -0.05) is 0 Å². The van der Waals surface area contributed by atoms with Crippen molar-refractivity contribution in [3.05, 3.63) is 29.6 Å². The molecule has 0 aliphatic heterocycles. The normalized spacial score (nSPS) is 9.82. The molecule has 1 rings (SSSR count). The number of benzene rings is 1. The van der Waals surface area contributed by atoms with Gasteiger partial charge < -0.3 is 4.84 Å². The first kappa shape index (κ1) is 7.87. The molecular formula is C6H4F3NO. The van der Waals surface area contributed by atoms with Gasteiger partial charge in [-0.15, -0.1) is 0 Å². The molecule has 2 nitrogen and oxygen atoms in total. The molecule has 0 saturated carbocycles. The van der Waals surface area contributed by atoms with Crippen LogP contribution in [0.1, 0.15) is 0 Å². The van der Waals surface area contributed by atoms with Crippen molar-refractivity contribution in [3.8, 4) is 5.75 Å². The number of hydrogen-bond donors (Lipinski definition) is 1. The molecule has 5 heteroatoms. The summed E-state index contributed by atoms with van der Waals surface area (Å²) < 4.78 is 36.8. The fourth-order valence-electron chi connectivity index (χ4n) is 0.600. The average Bonchev–Trinajstić information content (AvgIpc) is 1.99. The minimum Gasteiger partial charge on any atom is -0.411 e. The van der Waals surface area contributed by atoms with Crippen LogP contribution in [0.4, 0.5) is 13.2 Å². The molecule has 1 aromatic carbocycles. The van der Waals surface area contributed by atoms with E-state index >= 15 is 0 Å². The standard InChI is InChI=1S/C6H4F3NO/c7-4-1-3(11-10)2-5(8)6(4)9/h1-2H,10H2. The van der Waals surface area contributed by atoms with Crippen LogP contribution in [0.5, 0.6) is 5.75 Å². The van der Waals surface area contributed by atoms with Gasteiger partial charge >= 0.3 is 0 Å². The molecule has 0 spiro atoms. The fourth-order valence-corrected chi connectivity index (χ4v) is 0.600. The van der Waals surface area contributed by atoms with E-state index in [1.165, 1.54) is 0 Å². The third-order valence-electron chi connectivity index (χ3n) is 1.09. The van der Waals surface area contributed by atoms with Crippen LogP contribution in [0.25, 0.3) is 0 Å². The van der Waals surface area contributed by atoms with Crippen molar-refractivity contribution in [1.29, 1.82) is 0 Å². The van der Waals surface area contributed by atoms with Crippen molar-refractivity contribution < 1.29 is 18.0 Å². The van der Waals surface area contributed by atoms with Crippen LogP contribution >= 0.6 is 0 Å². The minimum absolute atomic E-state index is 0.263. The molecule has 0 bridgehead atoms. The van der Waals surface area contributed by atoms with Crippen LogP contribution in [0.2, 0.25) is 0 Å². The highest BCUT2D eigenvalue weighted by atomic mass is 19.2. The Kier molecular flexibility index (Phi) is 2.00. The summed E-state index contributed by atoms with van der Waals surface area (Å²) in [5.41, 5.74) is 0. The molecule has 0 unspecified atom stereocenters. The van der Waals surface area contributed by atoms with Gasteiger partial charge in [0.15, 0.2) is 23.2 Å². The Bertz CT molecular complexity index is 254. The molecule has 11 heavy (non-hydrogen) atoms. The summed E-state index contributed by atoms with van der Waals surface area (Å²) in [5, 5.41) is 0. The van der Waals surface area contributed by atoms with Crippen molar-refractivity contribution in [1.82, 2.24) is 0 Å². The number of nitrogens with two attached hydrogens (primary N) is 1. The lowest BCUT2D eigenvalue weighted by Gasteiger charge is -1.99. The van der Waals surface area contributed by atoms with Crippen LogP contribution in [-0.2, 0) is 0 Å². The maximum atomic E-state index is 12.3. The van der Waals surface area contributed by atoms with E-state index in [1.54, 1.807) is 0 Å². The van der Waals surface area contributed by atoms with Gasteiger partial charge in [-0.25, -0.2) is 13.2 Å². The Morgan fingerprint density at radius 1 is 1.09 bits per heavy atom. The van der Waals surface area contributed by atoms with Crippen molar-refractivity contribution in [3.63, 3.8) is 0 Å². The Balaban J connectivity index is 3.21. The van der Waals surface area contributed by atoms with E-state index in [0.717, 1.165) is 0 Å². The van der Waals surface area contributed by atoms with Crippen LogP contribution in [0.15, 0.2) is 12.1 Å². The summed E-state index contributed by atoms with van der Waals surface area (Å²) in [5.74, 6) is 0.126. The predicted molar refractivity (Wildman–Crippen MR) is 31.1 cm³/mol. The lowest BCUT2D eigenvalue weighted by Crippen LogP contribution is -2.03. The molecule has 0 atom stereocenters. The molecule has 60 valence electrons. The molecule has 2 N–H and O–H groups in total. The van der Waals surface area contributed by atoms with E-state index in [4.69, 9.17) is 0 Å². The van der Waals surface area contributed by atoms with Crippen LogP contribution in [-0.4, -0.2) is 0 Å². The highest BCUT2D eigenvalue weighted by Crippen LogP contribution is 2.17. The van der Waals surface area contributed by atoms with Crippen LogP contribution < -0.4 is 10.7 Å². The highest BCUT2D eigenvalue weighted by molar-refractivity contribution is 5.24. The van der Waals surface area contributed by atoms with Gasteiger partial charge in [0.25, 0.3) is 0 Å². The smallest absolute Gasteiger partial charge is 0.194 e. The van der Waals surface area contributed by atoms with Gasteiger partial charge in [-0.05, 0) is 0 Å². The summed E-state index contributed by atoms with van der Waals surface area (Å²) in [6, 6.07) is 1.30. The molecule has 0 fully saturated rings. The maximum Gasteiger partial charge on any atom is 0.194 e. The minimum atomic E-state index is -1.54. The molecule has 0 amide bonds. The van der Waals surface area contributed by atoms with E-state index in [1.807, 2.05) is 0 Å². The first-order chi connectivity index (χ1) is 5.15. The van der Waals surface area contributed by atoms with Gasteiger partial charge in [0, 0.05) is 12.1 Å². The maximum absolute atomic E-state index is 12.3. The Hall–Kier alpha value is -1.23. The third-order valence-corrected chi connectivity index (χ3v) is 1.09. The van der Waals surface area contributed by atoms with Crippen molar-refractivity contribution in [2.45, 2.75) is 0 Å². The lowest BCUT2D eigenvalue weighted by atomic mass is 10.3. The van der Waals surface area contributed by atoms with Crippen molar-refractivity contribution >= 4 is 0 Å². The molecule has 0 aliphatic rings. The summed E-state index contributed by atoms with van der Waals surface area (Å²) in [4.78, 5) is 3.98. The second-order valence-electron chi connectivity index (χ2n) is 1.82. The zero-order chi connectivity index (χ0) is 8.43. The topological polar surface area (TPSA) is 35.2 Å². The SMILES string of the molecule is NOc1cc(F)c(F)c(F)c1. The van der Waals surface area contributed by atoms with Crippen molar-refractivity contribution in [2.75, 3.05) is 0 Å². The van der Waals surface area contributed by atoms with Gasteiger partial charge in [0.1, 0.15) is 0 Å². The van der Waals surface area contributed by atoms with E-state index in [-0.39, 0.29) is 5.75 Å². The molecule has 0 heterocycles. The highest BCUT2D eigenvalue weighted by Gasteiger charge is 2.10. The van der Waals surface area contributed by atoms with E-state index in [9.17, 15) is 13.2 Å². The fraction of sp³-hybridized carbons (Fsp3) is 0. The molecule has 0 radical (unpaired) electrons. The number of halogens is 3. The number of hydrogen-bond acceptors (Lipinski definition) is 2. The molecule has 0 aliphatic carbocycles. The Morgan fingerprint density at radius 3 is 1.91 bits per heavy atom. The summed E-state index contributed by atoms with van der Waals surface area (Å²) in [7, 11) is 0.